The molecule has 2 rings (SSSR count). The van der Waals surface area contributed by atoms with Gasteiger partial charge in [0, 0.05) is 0 Å². The van der Waals surface area contributed by atoms with Crippen molar-refractivity contribution in [2.45, 2.75) is 66.1 Å². The summed E-state index contributed by atoms with van der Waals surface area (Å²) in [6, 6.07) is 0. The highest BCUT2D eigenvalue weighted by molar-refractivity contribution is 4.64. The monoisotopic (exact) mass is 406 g/mol. The highest BCUT2D eigenvalue weighted by atomic mass is 35.5. The summed E-state index contributed by atoms with van der Waals surface area (Å²) in [6.07, 6.45) is 17.0. The van der Waals surface area contributed by atoms with Crippen molar-refractivity contribution in [1.82, 2.24) is 9.13 Å². The summed E-state index contributed by atoms with van der Waals surface area (Å²) in [5.41, 5.74) is 0. The fraction of sp³-hybridized carbons (Fsp3) is 0.667. The minimum atomic E-state index is 0. The normalized spacial score (nSPS) is 10.4. The van der Waals surface area contributed by atoms with Crippen LogP contribution in [-0.4, -0.2) is 22.3 Å². The van der Waals surface area contributed by atoms with Crippen molar-refractivity contribution >= 4 is 0 Å². The van der Waals surface area contributed by atoms with Crippen molar-refractivity contribution in [3.63, 3.8) is 0 Å². The number of nitrogens with zero attached hydrogens (tertiary/aromatic N) is 4. The summed E-state index contributed by atoms with van der Waals surface area (Å²) in [6.45, 7) is 9.20. The maximum atomic E-state index is 5.69. The molecule has 0 radical (unpaired) electrons. The Balaban J connectivity index is 0.00000312. The van der Waals surface area contributed by atoms with Crippen LogP contribution < -0.4 is 33.9 Å². The molecule has 0 saturated carbocycles. The summed E-state index contributed by atoms with van der Waals surface area (Å²) < 4.78 is 19.8. The van der Waals surface area contributed by atoms with Crippen LogP contribution in [0.5, 0.6) is 0 Å². The third-order valence-corrected chi connectivity index (χ3v) is 4.03. The number of hydrogen-bond donors (Lipinski definition) is 0. The molecule has 6 nitrogen and oxygen atoms in total. The van der Waals surface area contributed by atoms with Crippen molar-refractivity contribution in [3.05, 3.63) is 37.4 Å². The third kappa shape index (κ3) is 9.57. The number of hydrogen-bond acceptors (Lipinski definition) is 2. The van der Waals surface area contributed by atoms with E-state index in [1.807, 2.05) is 12.4 Å². The molecule has 0 aliphatic heterocycles. The van der Waals surface area contributed by atoms with Gasteiger partial charge in [0.2, 0.25) is 12.7 Å². The van der Waals surface area contributed by atoms with Crippen LogP contribution in [0.25, 0.3) is 0 Å². The number of ether oxygens (including phenoxy) is 2. The number of imidazole rings is 2. The second kappa shape index (κ2) is 15.0. The smallest absolute Gasteiger partial charge is 0.245 e. The number of aromatic nitrogens is 4. The molecule has 8 heteroatoms. The molecule has 0 unspecified atom stereocenters. The van der Waals surface area contributed by atoms with Crippen molar-refractivity contribution in [3.8, 4) is 0 Å². The van der Waals surface area contributed by atoms with Gasteiger partial charge in [-0.05, 0) is 26.7 Å². The van der Waals surface area contributed by atoms with Crippen molar-refractivity contribution < 1.29 is 43.4 Å². The zero-order valence-corrected chi connectivity index (χ0v) is 17.4. The quantitative estimate of drug-likeness (QED) is 0.252. The molecule has 0 saturated heterocycles. The fourth-order valence-electron chi connectivity index (χ4n) is 2.51. The fourth-order valence-corrected chi connectivity index (χ4v) is 2.51. The van der Waals surface area contributed by atoms with Crippen LogP contribution in [0.2, 0.25) is 0 Å². The van der Waals surface area contributed by atoms with Gasteiger partial charge in [0.05, 0.1) is 26.3 Å². The molecule has 0 spiro atoms. The number of rotatable bonds is 13. The molecule has 0 aliphatic carbocycles. The van der Waals surface area contributed by atoms with Gasteiger partial charge in [-0.3, -0.25) is 0 Å². The Morgan fingerprint density at radius 3 is 1.46 bits per heavy atom. The van der Waals surface area contributed by atoms with Gasteiger partial charge in [0.15, 0.2) is 13.5 Å². The second-order valence-electron chi connectivity index (χ2n) is 6.01. The maximum Gasteiger partial charge on any atom is 0.245 e. The van der Waals surface area contributed by atoms with Crippen LogP contribution in [0.4, 0.5) is 0 Å². The molecule has 0 amide bonds. The van der Waals surface area contributed by atoms with Gasteiger partial charge in [-0.1, -0.05) is 12.8 Å². The molecule has 26 heavy (non-hydrogen) atoms. The van der Waals surface area contributed by atoms with Gasteiger partial charge >= 0.3 is 0 Å². The van der Waals surface area contributed by atoms with Gasteiger partial charge in [0.25, 0.3) is 0 Å². The average Bonchev–Trinajstić information content (AvgIpc) is 3.25. The summed E-state index contributed by atoms with van der Waals surface area (Å²) >= 11 is 0. The van der Waals surface area contributed by atoms with Gasteiger partial charge in [0.1, 0.15) is 24.8 Å². The lowest BCUT2D eigenvalue weighted by Gasteiger charge is -2.03. The first-order valence-electron chi connectivity index (χ1n) is 9.07. The summed E-state index contributed by atoms with van der Waals surface area (Å²) in [5, 5.41) is 0. The lowest BCUT2D eigenvalue weighted by Crippen LogP contribution is -3.00. The third-order valence-electron chi connectivity index (χ3n) is 4.03. The topological polar surface area (TPSA) is 36.1 Å². The summed E-state index contributed by atoms with van der Waals surface area (Å²) in [4.78, 5) is 0. The molecule has 2 aromatic rings. The predicted octanol–water partition coefficient (Wildman–Crippen LogP) is -3.88. The van der Waals surface area contributed by atoms with E-state index in [-0.39, 0.29) is 24.8 Å². The van der Waals surface area contributed by atoms with Crippen LogP contribution in [0.3, 0.4) is 0 Å². The molecular formula is C18H32Cl2N4O2. The SMILES string of the molecule is CCn1cc[n+](COCCCCCCOC[n+]2ccn(CC)c2)c1.[Cl-].[Cl-]. The molecular weight excluding hydrogens is 375 g/mol. The van der Waals surface area contributed by atoms with Gasteiger partial charge in [-0.2, -0.15) is 0 Å². The number of aryl methyl sites for hydroxylation is 2. The summed E-state index contributed by atoms with van der Waals surface area (Å²) in [5.74, 6) is 0. The molecule has 0 N–H and O–H groups in total. The molecule has 0 aliphatic rings. The van der Waals surface area contributed by atoms with E-state index in [2.05, 4.69) is 57.2 Å². The van der Waals surface area contributed by atoms with E-state index in [1.165, 1.54) is 12.8 Å². The van der Waals surface area contributed by atoms with E-state index in [9.17, 15) is 0 Å². The molecule has 150 valence electrons. The Morgan fingerprint density at radius 2 is 1.12 bits per heavy atom. The van der Waals surface area contributed by atoms with Gasteiger partial charge in [-0.25, -0.2) is 18.3 Å². The summed E-state index contributed by atoms with van der Waals surface area (Å²) in [7, 11) is 0. The Kier molecular flexibility index (Phi) is 14.4. The molecule has 0 atom stereocenters. The minimum absolute atomic E-state index is 0. The van der Waals surface area contributed by atoms with E-state index in [0.717, 1.165) is 39.1 Å². The Labute approximate surface area is 169 Å². The van der Waals surface area contributed by atoms with Crippen molar-refractivity contribution in [2.75, 3.05) is 13.2 Å². The molecule has 0 fully saturated rings. The van der Waals surface area contributed by atoms with E-state index in [1.54, 1.807) is 0 Å². The highest BCUT2D eigenvalue weighted by Crippen LogP contribution is 2.00. The highest BCUT2D eigenvalue weighted by Gasteiger charge is 2.02. The van der Waals surface area contributed by atoms with Crippen LogP contribution >= 0.6 is 0 Å². The Morgan fingerprint density at radius 1 is 0.692 bits per heavy atom. The first-order chi connectivity index (χ1) is 11.8. The molecule has 0 bridgehead atoms. The van der Waals surface area contributed by atoms with Crippen molar-refractivity contribution in [2.24, 2.45) is 0 Å². The molecule has 0 aromatic carbocycles. The van der Waals surface area contributed by atoms with E-state index in [0.29, 0.717) is 13.5 Å². The van der Waals surface area contributed by atoms with Gasteiger partial charge in [-0.15, -0.1) is 0 Å². The van der Waals surface area contributed by atoms with Crippen LogP contribution in [0.15, 0.2) is 37.4 Å². The predicted molar refractivity (Wildman–Crippen MR) is 91.0 cm³/mol. The second-order valence-corrected chi connectivity index (χ2v) is 6.01. The van der Waals surface area contributed by atoms with E-state index in [4.69, 9.17) is 9.47 Å². The maximum absolute atomic E-state index is 5.69. The number of halogens is 2. The molecule has 2 aromatic heterocycles. The first kappa shape index (κ1) is 24.9. The zero-order chi connectivity index (χ0) is 17.0. The van der Waals surface area contributed by atoms with Crippen molar-refractivity contribution in [1.29, 1.82) is 0 Å². The lowest BCUT2D eigenvalue weighted by atomic mass is 10.2. The minimum Gasteiger partial charge on any atom is -1.00 e. The van der Waals surface area contributed by atoms with Gasteiger partial charge < -0.3 is 34.3 Å². The standard InChI is InChI=1S/C18H32N4O2.2ClH/c1-3-19-9-11-21(15-19)17-23-13-7-5-6-8-14-24-18-22-12-10-20(4-2)16-22;;/h9-12,15-16H,3-8,13-14,17-18H2,1-2H3;2*1H/q+2;;/p-2. The van der Waals surface area contributed by atoms with E-state index >= 15 is 0 Å². The lowest BCUT2D eigenvalue weighted by molar-refractivity contribution is -0.732. The van der Waals surface area contributed by atoms with Crippen LogP contribution in [0, 0.1) is 0 Å². The molecule has 2 heterocycles. The zero-order valence-electron chi connectivity index (χ0n) is 15.9. The van der Waals surface area contributed by atoms with Crippen LogP contribution in [-0.2, 0) is 36.0 Å². The Hall–Kier alpha value is -1.08. The Bertz CT molecular complexity index is 525. The largest absolute Gasteiger partial charge is 1.00 e. The van der Waals surface area contributed by atoms with E-state index < -0.39 is 0 Å². The number of unbranched alkanes of at least 4 members (excludes halogenated alkanes) is 3. The average molecular weight is 407 g/mol. The van der Waals surface area contributed by atoms with Crippen LogP contribution in [0.1, 0.15) is 39.5 Å². The first-order valence-corrected chi connectivity index (χ1v) is 9.07.